The number of carbonyl (C=O) groups is 1. The number of thiazole rings is 1. The second-order valence-electron chi connectivity index (χ2n) is 8.33. The van der Waals surface area contributed by atoms with Crippen LogP contribution in [0.2, 0.25) is 0 Å². The van der Waals surface area contributed by atoms with E-state index in [1.54, 1.807) is 23.5 Å². The lowest BCUT2D eigenvalue weighted by Crippen LogP contribution is -2.38. The summed E-state index contributed by atoms with van der Waals surface area (Å²) in [5.41, 5.74) is 3.40. The predicted molar refractivity (Wildman–Crippen MR) is 141 cm³/mol. The molecule has 1 saturated heterocycles. The summed E-state index contributed by atoms with van der Waals surface area (Å²) < 4.78 is 12.4. The van der Waals surface area contributed by atoms with Crippen LogP contribution in [0.1, 0.15) is 15.9 Å². The molecule has 3 aromatic carbocycles. The van der Waals surface area contributed by atoms with Crippen LogP contribution < -0.4 is 15.4 Å². The third-order valence-corrected chi connectivity index (χ3v) is 6.78. The standard InChI is InChI=1S/C27H28N4O3S/c32-26(21-6-2-1-3-7-21)29-22-8-4-5-20(17-22)19-28-27-30-24-10-9-23(18-25(24)35-27)34-16-13-31-11-14-33-15-12-31/h1-10,17-18H,11-16,19H2,(H,28,30)(H,29,32). The quantitative estimate of drug-likeness (QED) is 0.350. The molecule has 1 fully saturated rings. The molecular formula is C27H28N4O3S. The van der Waals surface area contributed by atoms with Gasteiger partial charge in [0.05, 0.1) is 23.4 Å². The molecule has 2 heterocycles. The van der Waals surface area contributed by atoms with Crippen LogP contribution in [0, 0.1) is 0 Å². The van der Waals surface area contributed by atoms with E-state index in [2.05, 4.69) is 21.6 Å². The fraction of sp³-hybridized carbons (Fsp3) is 0.259. The van der Waals surface area contributed by atoms with Gasteiger partial charge >= 0.3 is 0 Å². The third kappa shape index (κ3) is 6.36. The van der Waals surface area contributed by atoms with Crippen LogP contribution in [0.5, 0.6) is 5.75 Å². The molecule has 0 radical (unpaired) electrons. The molecule has 1 aliphatic heterocycles. The zero-order chi connectivity index (χ0) is 23.9. The van der Waals surface area contributed by atoms with Crippen molar-refractivity contribution in [2.75, 3.05) is 50.1 Å². The Morgan fingerprint density at radius 2 is 1.89 bits per heavy atom. The van der Waals surface area contributed by atoms with Crippen molar-refractivity contribution in [2.45, 2.75) is 6.54 Å². The summed E-state index contributed by atoms with van der Waals surface area (Å²) in [5, 5.41) is 7.21. The van der Waals surface area contributed by atoms with Gasteiger partial charge in [0.2, 0.25) is 0 Å². The Morgan fingerprint density at radius 3 is 2.74 bits per heavy atom. The van der Waals surface area contributed by atoms with E-state index in [0.29, 0.717) is 18.7 Å². The van der Waals surface area contributed by atoms with E-state index >= 15 is 0 Å². The van der Waals surface area contributed by atoms with Gasteiger partial charge in [-0.05, 0) is 48.0 Å². The number of aromatic nitrogens is 1. The number of rotatable bonds is 9. The van der Waals surface area contributed by atoms with Crippen LogP contribution in [-0.4, -0.2) is 55.2 Å². The Balaban J connectivity index is 1.15. The molecule has 35 heavy (non-hydrogen) atoms. The van der Waals surface area contributed by atoms with Gasteiger partial charge < -0.3 is 20.1 Å². The van der Waals surface area contributed by atoms with E-state index in [1.165, 1.54) is 0 Å². The average molecular weight is 489 g/mol. The number of morpholine rings is 1. The summed E-state index contributed by atoms with van der Waals surface area (Å²) in [6.07, 6.45) is 0. The molecule has 1 amide bonds. The monoisotopic (exact) mass is 488 g/mol. The topological polar surface area (TPSA) is 75.7 Å². The average Bonchev–Trinajstić information content (AvgIpc) is 3.31. The molecule has 7 nitrogen and oxygen atoms in total. The minimum atomic E-state index is -0.121. The smallest absolute Gasteiger partial charge is 0.255 e. The first-order valence-corrected chi connectivity index (χ1v) is 12.6. The Hall–Kier alpha value is -3.46. The molecule has 0 aliphatic carbocycles. The lowest BCUT2D eigenvalue weighted by molar-refractivity contribution is 0.0322. The molecule has 0 atom stereocenters. The fourth-order valence-corrected chi connectivity index (χ4v) is 4.81. The number of carbonyl (C=O) groups excluding carboxylic acids is 1. The molecule has 0 unspecified atom stereocenters. The van der Waals surface area contributed by atoms with Crippen molar-refractivity contribution >= 4 is 38.3 Å². The number of anilines is 2. The molecular weight excluding hydrogens is 460 g/mol. The van der Waals surface area contributed by atoms with Crippen LogP contribution in [-0.2, 0) is 11.3 Å². The van der Waals surface area contributed by atoms with Gasteiger partial charge in [0.25, 0.3) is 5.91 Å². The van der Waals surface area contributed by atoms with Crippen molar-refractivity contribution in [2.24, 2.45) is 0 Å². The minimum Gasteiger partial charge on any atom is -0.492 e. The van der Waals surface area contributed by atoms with Gasteiger partial charge in [-0.25, -0.2) is 4.98 Å². The molecule has 0 bridgehead atoms. The van der Waals surface area contributed by atoms with Gasteiger partial charge in [0, 0.05) is 37.4 Å². The third-order valence-electron chi connectivity index (χ3n) is 5.80. The number of hydrogen-bond acceptors (Lipinski definition) is 7. The SMILES string of the molecule is O=C(Nc1cccc(CNc2nc3ccc(OCCN4CCOCC4)cc3s2)c1)c1ccccc1. The van der Waals surface area contributed by atoms with Crippen LogP contribution in [0.25, 0.3) is 10.2 Å². The highest BCUT2D eigenvalue weighted by molar-refractivity contribution is 7.22. The molecule has 8 heteroatoms. The predicted octanol–water partition coefficient (Wildman–Crippen LogP) is 4.87. The number of amides is 1. The Bertz CT molecular complexity index is 1270. The summed E-state index contributed by atoms with van der Waals surface area (Å²) in [6, 6.07) is 23.1. The Morgan fingerprint density at radius 1 is 1.03 bits per heavy atom. The maximum absolute atomic E-state index is 12.4. The molecule has 2 N–H and O–H groups in total. The van der Waals surface area contributed by atoms with Gasteiger partial charge in [-0.15, -0.1) is 0 Å². The number of hydrogen-bond donors (Lipinski definition) is 2. The summed E-state index contributed by atoms with van der Waals surface area (Å²) in [7, 11) is 0. The van der Waals surface area contributed by atoms with E-state index in [9.17, 15) is 4.79 Å². The highest BCUT2D eigenvalue weighted by Crippen LogP contribution is 2.29. The molecule has 180 valence electrons. The van der Waals surface area contributed by atoms with Crippen LogP contribution in [0.15, 0.2) is 72.8 Å². The molecule has 1 aromatic heterocycles. The second kappa shape index (κ2) is 11.3. The zero-order valence-corrected chi connectivity index (χ0v) is 20.2. The number of nitrogens with one attached hydrogen (secondary N) is 2. The second-order valence-corrected chi connectivity index (χ2v) is 9.36. The van der Waals surface area contributed by atoms with Gasteiger partial charge in [-0.2, -0.15) is 0 Å². The first-order valence-electron chi connectivity index (χ1n) is 11.8. The van der Waals surface area contributed by atoms with E-state index in [-0.39, 0.29) is 5.91 Å². The van der Waals surface area contributed by atoms with Gasteiger partial charge in [0.15, 0.2) is 5.13 Å². The van der Waals surface area contributed by atoms with Crippen LogP contribution >= 0.6 is 11.3 Å². The fourth-order valence-electron chi connectivity index (χ4n) is 3.92. The maximum Gasteiger partial charge on any atom is 0.255 e. The summed E-state index contributed by atoms with van der Waals surface area (Å²) in [6.45, 7) is 5.71. The molecule has 1 aliphatic rings. The molecule has 4 aromatic rings. The van der Waals surface area contributed by atoms with Crippen molar-refractivity contribution in [1.82, 2.24) is 9.88 Å². The maximum atomic E-state index is 12.4. The summed E-state index contributed by atoms with van der Waals surface area (Å²) in [5.74, 6) is 0.743. The van der Waals surface area contributed by atoms with Crippen LogP contribution in [0.3, 0.4) is 0 Å². The summed E-state index contributed by atoms with van der Waals surface area (Å²) in [4.78, 5) is 19.5. The lowest BCUT2D eigenvalue weighted by Gasteiger charge is -2.26. The van der Waals surface area contributed by atoms with E-state index < -0.39 is 0 Å². The van der Waals surface area contributed by atoms with E-state index in [4.69, 9.17) is 14.5 Å². The largest absolute Gasteiger partial charge is 0.492 e. The van der Waals surface area contributed by atoms with Gasteiger partial charge in [-0.1, -0.05) is 41.7 Å². The van der Waals surface area contributed by atoms with E-state index in [1.807, 2.05) is 54.6 Å². The van der Waals surface area contributed by atoms with E-state index in [0.717, 1.165) is 65.2 Å². The highest BCUT2D eigenvalue weighted by Gasteiger charge is 2.11. The minimum absolute atomic E-state index is 0.121. The van der Waals surface area contributed by atoms with Crippen molar-refractivity contribution in [3.63, 3.8) is 0 Å². The van der Waals surface area contributed by atoms with Crippen molar-refractivity contribution in [3.8, 4) is 5.75 Å². The Labute approximate surface area is 208 Å². The normalized spacial score (nSPS) is 14.1. The van der Waals surface area contributed by atoms with Crippen molar-refractivity contribution in [3.05, 3.63) is 83.9 Å². The zero-order valence-electron chi connectivity index (χ0n) is 19.4. The molecule has 5 rings (SSSR count). The number of fused-ring (bicyclic) bond motifs is 1. The van der Waals surface area contributed by atoms with Gasteiger partial charge in [0.1, 0.15) is 12.4 Å². The van der Waals surface area contributed by atoms with Crippen molar-refractivity contribution in [1.29, 1.82) is 0 Å². The molecule has 0 saturated carbocycles. The number of nitrogens with zero attached hydrogens (tertiary/aromatic N) is 2. The first kappa shape index (κ1) is 23.3. The Kier molecular flexibility index (Phi) is 7.53. The first-order chi connectivity index (χ1) is 17.2. The molecule has 0 spiro atoms. The van der Waals surface area contributed by atoms with Crippen molar-refractivity contribution < 1.29 is 14.3 Å². The highest BCUT2D eigenvalue weighted by atomic mass is 32.1. The number of benzene rings is 3. The van der Waals surface area contributed by atoms with Crippen LogP contribution in [0.4, 0.5) is 10.8 Å². The summed E-state index contributed by atoms with van der Waals surface area (Å²) >= 11 is 1.61. The number of ether oxygens (including phenoxy) is 2. The van der Waals surface area contributed by atoms with Gasteiger partial charge in [-0.3, -0.25) is 9.69 Å². The lowest BCUT2D eigenvalue weighted by atomic mass is 10.1.